The number of aliphatic hydroxyl groups is 1. The van der Waals surface area contributed by atoms with Crippen LogP contribution in [0, 0.1) is 17.7 Å². The predicted molar refractivity (Wildman–Crippen MR) is 132 cm³/mol. The summed E-state index contributed by atoms with van der Waals surface area (Å²) in [5.41, 5.74) is 0.985. The molecular weight excluding hydrogens is 507 g/mol. The zero-order valence-electron chi connectivity index (χ0n) is 18.7. The van der Waals surface area contributed by atoms with Crippen LogP contribution >= 0.6 is 11.6 Å². The third kappa shape index (κ3) is 5.03. The number of hydrogen-bond donors (Lipinski definition) is 3. The van der Waals surface area contributed by atoms with Crippen molar-refractivity contribution in [2.75, 3.05) is 17.8 Å². The predicted octanol–water partition coefficient (Wildman–Crippen LogP) is 2.85. The Kier molecular flexibility index (Phi) is 6.36. The molecule has 184 valence electrons. The van der Waals surface area contributed by atoms with Crippen LogP contribution in [0.1, 0.15) is 18.5 Å². The van der Waals surface area contributed by atoms with Crippen LogP contribution in [0.2, 0.25) is 5.15 Å². The van der Waals surface area contributed by atoms with E-state index in [0.29, 0.717) is 48.5 Å². The Bertz CT molecular complexity index is 1610. The molecule has 4 heterocycles. The summed E-state index contributed by atoms with van der Waals surface area (Å²) in [7, 11) is -4.03. The van der Waals surface area contributed by atoms with Crippen LogP contribution in [0.4, 0.5) is 10.1 Å². The first kappa shape index (κ1) is 24.1. The van der Waals surface area contributed by atoms with Crippen molar-refractivity contribution in [1.82, 2.24) is 24.9 Å². The Morgan fingerprint density at radius 2 is 1.86 bits per heavy atom. The molecule has 0 spiro atoms. The number of anilines is 1. The van der Waals surface area contributed by atoms with Crippen LogP contribution in [0.15, 0.2) is 59.8 Å². The first-order chi connectivity index (χ1) is 17.2. The van der Waals surface area contributed by atoms with E-state index in [1.54, 1.807) is 22.8 Å². The highest BCUT2D eigenvalue weighted by Crippen LogP contribution is 2.28. The maximum atomic E-state index is 13.2. The normalized spacial score (nSPS) is 15.3. The summed E-state index contributed by atoms with van der Waals surface area (Å²) in [5, 5.41) is 18.4. The van der Waals surface area contributed by atoms with E-state index >= 15 is 0 Å². The number of aromatic nitrogens is 4. The molecule has 1 aromatic carbocycles. The Labute approximate surface area is 211 Å². The van der Waals surface area contributed by atoms with Gasteiger partial charge in [0.05, 0.1) is 22.5 Å². The number of imidazole rings is 1. The van der Waals surface area contributed by atoms with Crippen LogP contribution in [-0.2, 0) is 10.0 Å². The smallest absolute Gasteiger partial charge is 0.261 e. The van der Waals surface area contributed by atoms with Crippen molar-refractivity contribution in [3.63, 3.8) is 0 Å². The number of fused-ring (bicyclic) bond motifs is 1. The quantitative estimate of drug-likeness (QED) is 0.276. The zero-order valence-corrected chi connectivity index (χ0v) is 20.3. The Morgan fingerprint density at radius 3 is 2.61 bits per heavy atom. The lowest BCUT2D eigenvalue weighted by Crippen LogP contribution is -2.40. The summed E-state index contributed by atoms with van der Waals surface area (Å²) in [4.78, 5) is 8.28. The maximum Gasteiger partial charge on any atom is 0.261 e. The van der Waals surface area contributed by atoms with Crippen molar-refractivity contribution in [2.45, 2.75) is 23.3 Å². The van der Waals surface area contributed by atoms with Gasteiger partial charge >= 0.3 is 0 Å². The highest BCUT2D eigenvalue weighted by molar-refractivity contribution is 7.92. The second kappa shape index (κ2) is 9.48. The van der Waals surface area contributed by atoms with Gasteiger partial charge in [-0.15, -0.1) is 0 Å². The maximum absolute atomic E-state index is 13.2. The van der Waals surface area contributed by atoms with Gasteiger partial charge in [-0.3, -0.25) is 4.72 Å². The molecule has 0 bridgehead atoms. The van der Waals surface area contributed by atoms with Gasteiger partial charge in [-0.05, 0) is 74.3 Å². The lowest BCUT2D eigenvalue weighted by atomic mass is 9.93. The number of hydrogen-bond acceptors (Lipinski definition) is 7. The van der Waals surface area contributed by atoms with E-state index in [9.17, 15) is 17.9 Å². The minimum atomic E-state index is -4.03. The van der Waals surface area contributed by atoms with Crippen molar-refractivity contribution < 1.29 is 17.9 Å². The number of nitrogens with zero attached hydrogens (tertiary/aromatic N) is 4. The van der Waals surface area contributed by atoms with Gasteiger partial charge in [0.15, 0.2) is 10.8 Å². The average Bonchev–Trinajstić information content (AvgIpc) is 3.27. The highest BCUT2D eigenvalue weighted by atomic mass is 35.5. The molecular formula is C24H20ClFN6O3S. The molecule has 0 unspecified atom stereocenters. The monoisotopic (exact) mass is 526 g/mol. The summed E-state index contributed by atoms with van der Waals surface area (Å²) in [5.74, 6) is 5.38. The molecule has 3 N–H and O–H groups in total. The fourth-order valence-corrected chi connectivity index (χ4v) is 5.00. The number of nitrogens with one attached hydrogen (secondary N) is 2. The standard InChI is InChI=1S/C24H20ClFN6O3S/c25-23-21(31-36(34,35)19-3-1-17(26)2-4-19)13-16(14-29-23)20-5-6-22-28-15-18(32(22)30-20)7-8-24(33)9-11-27-12-10-24/h1-6,13-15,27,31,33H,9-12H2. The molecule has 36 heavy (non-hydrogen) atoms. The lowest BCUT2D eigenvalue weighted by molar-refractivity contribution is 0.0679. The molecule has 0 saturated carbocycles. The minimum Gasteiger partial charge on any atom is -0.377 e. The van der Waals surface area contributed by atoms with Gasteiger partial charge in [-0.1, -0.05) is 17.5 Å². The first-order valence-corrected chi connectivity index (χ1v) is 12.8. The fourth-order valence-electron chi connectivity index (χ4n) is 3.74. The van der Waals surface area contributed by atoms with Crippen molar-refractivity contribution in [1.29, 1.82) is 0 Å². The van der Waals surface area contributed by atoms with E-state index in [1.165, 1.54) is 12.3 Å². The highest BCUT2D eigenvalue weighted by Gasteiger charge is 2.26. The zero-order chi connectivity index (χ0) is 25.3. The van der Waals surface area contributed by atoms with E-state index < -0.39 is 21.4 Å². The summed E-state index contributed by atoms with van der Waals surface area (Å²) < 4.78 is 42.6. The van der Waals surface area contributed by atoms with Gasteiger partial charge in [-0.25, -0.2) is 27.3 Å². The summed E-state index contributed by atoms with van der Waals surface area (Å²) >= 11 is 6.15. The molecule has 1 fully saturated rings. The molecule has 12 heteroatoms. The van der Waals surface area contributed by atoms with Crippen LogP contribution in [0.25, 0.3) is 16.9 Å². The average molecular weight is 527 g/mol. The van der Waals surface area contributed by atoms with E-state index in [2.05, 4.69) is 36.9 Å². The molecule has 0 radical (unpaired) electrons. The van der Waals surface area contributed by atoms with Crippen LogP contribution < -0.4 is 10.0 Å². The molecule has 9 nitrogen and oxygen atoms in total. The van der Waals surface area contributed by atoms with Crippen molar-refractivity contribution in [3.8, 4) is 23.1 Å². The van der Waals surface area contributed by atoms with Gasteiger partial charge in [-0.2, -0.15) is 5.10 Å². The number of rotatable bonds is 4. The van der Waals surface area contributed by atoms with Gasteiger partial charge < -0.3 is 10.4 Å². The van der Waals surface area contributed by atoms with Gasteiger partial charge in [0.1, 0.15) is 17.1 Å². The van der Waals surface area contributed by atoms with Crippen molar-refractivity contribution >= 4 is 33.0 Å². The fraction of sp³-hybridized carbons (Fsp3) is 0.208. The number of sulfonamides is 1. The molecule has 1 saturated heterocycles. The summed E-state index contributed by atoms with van der Waals surface area (Å²) in [6, 6.07) is 9.37. The summed E-state index contributed by atoms with van der Waals surface area (Å²) in [6.45, 7) is 1.38. The molecule has 1 aliphatic rings. The lowest BCUT2D eigenvalue weighted by Gasteiger charge is -2.27. The second-order valence-electron chi connectivity index (χ2n) is 8.29. The molecule has 4 aromatic rings. The number of pyridine rings is 1. The Morgan fingerprint density at radius 1 is 1.11 bits per heavy atom. The van der Waals surface area contributed by atoms with E-state index in [4.69, 9.17) is 11.6 Å². The third-order valence-corrected chi connectivity index (χ3v) is 7.40. The number of halogens is 2. The van der Waals surface area contributed by atoms with Gasteiger partial charge in [0, 0.05) is 11.8 Å². The minimum absolute atomic E-state index is 0.0409. The Balaban J connectivity index is 1.47. The molecule has 1 aliphatic heterocycles. The number of piperidine rings is 1. The summed E-state index contributed by atoms with van der Waals surface area (Å²) in [6.07, 6.45) is 4.10. The molecule has 0 aliphatic carbocycles. The largest absolute Gasteiger partial charge is 0.377 e. The molecule has 5 rings (SSSR count). The molecule has 0 amide bonds. The van der Waals surface area contributed by atoms with E-state index in [-0.39, 0.29) is 15.7 Å². The van der Waals surface area contributed by atoms with Crippen molar-refractivity contribution in [2.24, 2.45) is 0 Å². The van der Waals surface area contributed by atoms with Crippen LogP contribution in [-0.4, -0.2) is 51.8 Å². The van der Waals surface area contributed by atoms with Gasteiger partial charge in [0.25, 0.3) is 10.0 Å². The SMILES string of the molecule is O=S(=O)(Nc1cc(-c2ccc3ncc(C#CC4(O)CCNCC4)n3n2)cnc1Cl)c1ccc(F)cc1. The van der Waals surface area contributed by atoms with E-state index in [1.807, 2.05) is 0 Å². The first-order valence-electron chi connectivity index (χ1n) is 11.0. The van der Waals surface area contributed by atoms with Crippen LogP contribution in [0.3, 0.4) is 0 Å². The topological polar surface area (TPSA) is 122 Å². The third-order valence-electron chi connectivity index (χ3n) is 5.72. The second-order valence-corrected chi connectivity index (χ2v) is 10.3. The van der Waals surface area contributed by atoms with Crippen molar-refractivity contribution in [3.05, 3.63) is 71.5 Å². The van der Waals surface area contributed by atoms with Gasteiger partial charge in [0.2, 0.25) is 0 Å². The van der Waals surface area contributed by atoms with E-state index in [0.717, 1.165) is 24.3 Å². The number of benzene rings is 1. The molecule has 3 aromatic heterocycles. The molecule has 0 atom stereocenters. The Hall–Kier alpha value is -3.56. The van der Waals surface area contributed by atoms with Crippen LogP contribution in [0.5, 0.6) is 0 Å².